The van der Waals surface area contributed by atoms with Gasteiger partial charge in [-0.05, 0) is 56.7 Å². The summed E-state index contributed by atoms with van der Waals surface area (Å²) in [5.41, 5.74) is 16.8. The number of likely N-dealkylation sites (tertiary alicyclic amines) is 1. The van der Waals surface area contributed by atoms with E-state index in [0.717, 1.165) is 39.0 Å². The number of imide groups is 1. The fourth-order valence-electron chi connectivity index (χ4n) is 6.08. The van der Waals surface area contributed by atoms with Gasteiger partial charge in [-0.15, -0.1) is 0 Å². The van der Waals surface area contributed by atoms with E-state index in [2.05, 4.69) is 38.4 Å². The number of fused-ring (bicyclic) bond motifs is 3. The largest absolute Gasteiger partial charge is 0.403 e. The molecule has 0 aliphatic carbocycles. The Morgan fingerprint density at radius 3 is 2.63 bits per heavy atom. The van der Waals surface area contributed by atoms with Crippen LogP contribution in [0.15, 0.2) is 36.4 Å². The Bertz CT molecular complexity index is 1360. The predicted molar refractivity (Wildman–Crippen MR) is 143 cm³/mol. The highest BCUT2D eigenvalue weighted by atomic mass is 16.2. The van der Waals surface area contributed by atoms with Crippen molar-refractivity contribution in [2.45, 2.75) is 64.1 Å². The van der Waals surface area contributed by atoms with E-state index < -0.39 is 17.1 Å². The molecule has 2 saturated heterocycles. The molecule has 202 valence electrons. The first-order valence-corrected chi connectivity index (χ1v) is 13.0. The third-order valence-electron chi connectivity index (χ3n) is 8.25. The van der Waals surface area contributed by atoms with Gasteiger partial charge in [0, 0.05) is 49.3 Å². The Balaban J connectivity index is 1.43. The molecule has 0 saturated carbocycles. The number of aromatic amines is 1. The molecule has 2 aromatic rings. The molecule has 2 fully saturated rings. The monoisotopic (exact) mass is 520 g/mol. The number of nitrogens with zero attached hydrogens (tertiary/aromatic N) is 3. The van der Waals surface area contributed by atoms with E-state index in [9.17, 15) is 14.4 Å². The summed E-state index contributed by atoms with van der Waals surface area (Å²) < 4.78 is 0. The number of H-pyrrole nitrogens is 1. The van der Waals surface area contributed by atoms with E-state index in [1.165, 1.54) is 6.20 Å². The summed E-state index contributed by atoms with van der Waals surface area (Å²) in [4.78, 5) is 41.4. The summed E-state index contributed by atoms with van der Waals surface area (Å²) >= 11 is 0. The van der Waals surface area contributed by atoms with Crippen LogP contribution in [-0.2, 0) is 22.6 Å². The summed E-state index contributed by atoms with van der Waals surface area (Å²) in [6.45, 7) is 11.6. The van der Waals surface area contributed by atoms with Gasteiger partial charge in [-0.2, -0.15) is 5.10 Å². The quantitative estimate of drug-likeness (QED) is 0.381. The minimum atomic E-state index is -0.920. The Kier molecular flexibility index (Phi) is 6.21. The van der Waals surface area contributed by atoms with Crippen LogP contribution in [0, 0.1) is 12.8 Å². The molecular formula is C27H36N8O3. The van der Waals surface area contributed by atoms with E-state index >= 15 is 0 Å². The van der Waals surface area contributed by atoms with Gasteiger partial charge in [0.05, 0.1) is 22.9 Å². The number of rotatable bonds is 4. The Hall–Kier alpha value is -3.86. The van der Waals surface area contributed by atoms with Gasteiger partial charge in [0.1, 0.15) is 5.54 Å². The number of allylic oxidation sites excluding steroid dienone is 1. The average molecular weight is 521 g/mol. The lowest BCUT2D eigenvalue weighted by Crippen LogP contribution is -2.56. The van der Waals surface area contributed by atoms with Crippen LogP contribution in [0.3, 0.4) is 0 Å². The van der Waals surface area contributed by atoms with Crippen LogP contribution in [0.4, 0.5) is 4.79 Å². The molecule has 3 aliphatic heterocycles. The van der Waals surface area contributed by atoms with Gasteiger partial charge in [-0.1, -0.05) is 12.6 Å². The van der Waals surface area contributed by atoms with Gasteiger partial charge < -0.3 is 26.6 Å². The van der Waals surface area contributed by atoms with Gasteiger partial charge in [0.2, 0.25) is 5.91 Å². The molecule has 0 radical (unpaired) electrons. The normalized spacial score (nSPS) is 21.9. The fraction of sp³-hybridized carbons (Fsp3) is 0.481. The highest BCUT2D eigenvalue weighted by molar-refractivity contribution is 6.07. The van der Waals surface area contributed by atoms with E-state index in [1.54, 1.807) is 4.90 Å². The SMILES string of the molecule is C=C1[C@H](CC(=O)N2CCC3(CC2)NC(=O)NC3=O)Cc2cc(C)c3[nH]ncc3c2CN1/C(=C\N)C(C)(C)N. The number of amides is 4. The van der Waals surface area contributed by atoms with Crippen LogP contribution in [0.5, 0.6) is 0 Å². The van der Waals surface area contributed by atoms with Crippen LogP contribution in [0.1, 0.15) is 49.8 Å². The second kappa shape index (κ2) is 9.16. The lowest BCUT2D eigenvalue weighted by molar-refractivity contribution is -0.136. The number of nitrogens with two attached hydrogens (primary N) is 2. The standard InChI is InChI=1S/C27H36N8O3/c1-15-9-18-10-17(11-22(36)34-7-5-27(6-8-34)24(37)31-25(38)32-27)16(2)35(21(12-28)26(3,4)29)14-20(18)19-13-30-33-23(15)19/h9,12-13,17H,2,5-8,10-11,14,28-29H2,1,3-4H3,(H,30,33)(H2,31,32,37,38)/b21-12-/t17-/m0/s1. The molecule has 1 spiro atoms. The number of carbonyl (C=O) groups excluding carboxylic acids is 3. The number of hydrogen-bond acceptors (Lipinski definition) is 7. The van der Waals surface area contributed by atoms with Crippen molar-refractivity contribution < 1.29 is 14.4 Å². The molecule has 11 nitrogen and oxygen atoms in total. The highest BCUT2D eigenvalue weighted by Crippen LogP contribution is 2.39. The zero-order chi connectivity index (χ0) is 27.4. The van der Waals surface area contributed by atoms with E-state index in [0.29, 0.717) is 38.9 Å². The minimum Gasteiger partial charge on any atom is -0.403 e. The predicted octanol–water partition coefficient (Wildman–Crippen LogP) is 1.49. The lowest BCUT2D eigenvalue weighted by atomic mass is 9.86. The van der Waals surface area contributed by atoms with E-state index in [1.807, 2.05) is 27.0 Å². The molecule has 1 aromatic heterocycles. The number of piperidine rings is 1. The first kappa shape index (κ1) is 25.8. The molecule has 38 heavy (non-hydrogen) atoms. The van der Waals surface area contributed by atoms with Crippen molar-refractivity contribution in [3.05, 3.63) is 53.1 Å². The number of aryl methyl sites for hydroxylation is 1. The molecule has 1 atom stereocenters. The van der Waals surface area contributed by atoms with Crippen LogP contribution in [-0.4, -0.2) is 62.0 Å². The molecule has 1 aromatic carbocycles. The number of aromatic nitrogens is 2. The Labute approximate surface area is 221 Å². The van der Waals surface area contributed by atoms with Gasteiger partial charge in [-0.25, -0.2) is 4.79 Å². The molecule has 0 unspecified atom stereocenters. The van der Waals surface area contributed by atoms with Crippen LogP contribution < -0.4 is 22.1 Å². The van der Waals surface area contributed by atoms with Crippen molar-refractivity contribution in [3.8, 4) is 0 Å². The summed E-state index contributed by atoms with van der Waals surface area (Å²) in [6.07, 6.45) is 5.03. The summed E-state index contributed by atoms with van der Waals surface area (Å²) in [6, 6.07) is 1.69. The summed E-state index contributed by atoms with van der Waals surface area (Å²) in [7, 11) is 0. The van der Waals surface area contributed by atoms with Crippen LogP contribution in [0.25, 0.3) is 10.9 Å². The van der Waals surface area contributed by atoms with Crippen molar-refractivity contribution in [1.82, 2.24) is 30.6 Å². The second-order valence-electron chi connectivity index (χ2n) is 11.3. The number of benzene rings is 1. The molecule has 3 aliphatic rings. The van der Waals surface area contributed by atoms with Gasteiger partial charge in [-0.3, -0.25) is 20.0 Å². The first-order chi connectivity index (χ1) is 17.9. The first-order valence-electron chi connectivity index (χ1n) is 13.0. The fourth-order valence-corrected chi connectivity index (χ4v) is 6.08. The van der Waals surface area contributed by atoms with Crippen molar-refractivity contribution >= 4 is 28.7 Å². The minimum absolute atomic E-state index is 0.00877. The zero-order valence-electron chi connectivity index (χ0n) is 22.2. The van der Waals surface area contributed by atoms with Gasteiger partial charge in [0.25, 0.3) is 5.91 Å². The number of nitrogens with one attached hydrogen (secondary N) is 3. The van der Waals surface area contributed by atoms with Crippen molar-refractivity contribution in [1.29, 1.82) is 0 Å². The third-order valence-corrected chi connectivity index (χ3v) is 8.25. The van der Waals surface area contributed by atoms with Gasteiger partial charge in [0.15, 0.2) is 0 Å². The Morgan fingerprint density at radius 1 is 1.32 bits per heavy atom. The highest BCUT2D eigenvalue weighted by Gasteiger charge is 2.48. The van der Waals surface area contributed by atoms with Crippen molar-refractivity contribution in [3.63, 3.8) is 0 Å². The molecule has 5 rings (SSSR count). The van der Waals surface area contributed by atoms with Crippen LogP contribution >= 0.6 is 0 Å². The lowest BCUT2D eigenvalue weighted by Gasteiger charge is -2.39. The van der Waals surface area contributed by atoms with E-state index in [-0.39, 0.29) is 24.2 Å². The van der Waals surface area contributed by atoms with Crippen LogP contribution in [0.2, 0.25) is 0 Å². The summed E-state index contributed by atoms with van der Waals surface area (Å²) in [5.74, 6) is -0.508. The van der Waals surface area contributed by atoms with Gasteiger partial charge >= 0.3 is 6.03 Å². The second-order valence-corrected chi connectivity index (χ2v) is 11.3. The maximum atomic E-state index is 13.6. The van der Waals surface area contributed by atoms with E-state index in [4.69, 9.17) is 11.5 Å². The molecule has 7 N–H and O–H groups in total. The van der Waals surface area contributed by atoms with Crippen molar-refractivity contribution in [2.75, 3.05) is 13.1 Å². The number of hydrogen-bond donors (Lipinski definition) is 5. The molecule has 4 amide bonds. The molecule has 11 heteroatoms. The topological polar surface area (TPSA) is 162 Å². The molecule has 0 bridgehead atoms. The zero-order valence-corrected chi connectivity index (χ0v) is 22.2. The maximum absolute atomic E-state index is 13.6. The number of carbonyl (C=O) groups is 3. The third kappa shape index (κ3) is 4.30. The smallest absolute Gasteiger partial charge is 0.322 e. The molecule has 4 heterocycles. The Morgan fingerprint density at radius 2 is 2.03 bits per heavy atom. The average Bonchev–Trinajstić information content (AvgIpc) is 3.41. The van der Waals surface area contributed by atoms with Crippen molar-refractivity contribution in [2.24, 2.45) is 17.4 Å². The number of urea groups is 1. The molecular weight excluding hydrogens is 484 g/mol. The summed E-state index contributed by atoms with van der Waals surface area (Å²) in [5, 5.41) is 13.5. The maximum Gasteiger partial charge on any atom is 0.322 e.